The lowest BCUT2D eigenvalue weighted by molar-refractivity contribution is 0.474. The van der Waals surface area contributed by atoms with Crippen LogP contribution in [0.3, 0.4) is 0 Å². The fraction of sp³-hybridized carbons (Fsp3) is 0.0625. The Morgan fingerprint density at radius 1 is 1.05 bits per heavy atom. The van der Waals surface area contributed by atoms with Gasteiger partial charge in [-0.25, -0.2) is 4.68 Å². The van der Waals surface area contributed by atoms with Crippen LogP contribution in [0.5, 0.6) is 17.2 Å². The summed E-state index contributed by atoms with van der Waals surface area (Å²) in [5, 5.41) is 13.7. The lowest BCUT2D eigenvalue weighted by Gasteiger charge is -2.03. The van der Waals surface area contributed by atoms with Gasteiger partial charge in [-0.3, -0.25) is 0 Å². The van der Waals surface area contributed by atoms with Gasteiger partial charge in [0.15, 0.2) is 5.75 Å². The van der Waals surface area contributed by atoms with Gasteiger partial charge in [-0.1, -0.05) is 18.2 Å². The van der Waals surface area contributed by atoms with Crippen molar-refractivity contribution in [2.75, 3.05) is 0 Å². The normalized spacial score (nSPS) is 10.4. The second kappa shape index (κ2) is 5.09. The molecule has 100 valence electrons. The van der Waals surface area contributed by atoms with E-state index in [4.69, 9.17) is 4.74 Å². The number of nitrogens with zero attached hydrogens (tertiary/aromatic N) is 2. The Bertz CT molecular complexity index is 735. The van der Waals surface area contributed by atoms with E-state index < -0.39 is 0 Å². The molecule has 1 aromatic heterocycles. The molecule has 0 saturated heterocycles. The largest absolute Gasteiger partial charge is 0.508 e. The maximum absolute atomic E-state index is 9.47. The van der Waals surface area contributed by atoms with Crippen LogP contribution in [0, 0.1) is 6.92 Å². The Hall–Kier alpha value is -2.75. The van der Waals surface area contributed by atoms with Gasteiger partial charge < -0.3 is 9.84 Å². The van der Waals surface area contributed by atoms with E-state index in [9.17, 15) is 5.11 Å². The maximum Gasteiger partial charge on any atom is 0.165 e. The molecule has 0 aliphatic heterocycles. The zero-order valence-electron chi connectivity index (χ0n) is 11.0. The summed E-state index contributed by atoms with van der Waals surface area (Å²) in [6, 6.07) is 14.7. The van der Waals surface area contributed by atoms with Gasteiger partial charge in [-0.15, -0.1) is 0 Å². The number of ether oxygens (including phenoxy) is 1. The minimum atomic E-state index is 0.208. The minimum absolute atomic E-state index is 0.208. The van der Waals surface area contributed by atoms with Crippen LogP contribution in [-0.2, 0) is 0 Å². The lowest BCUT2D eigenvalue weighted by atomic mass is 10.2. The van der Waals surface area contributed by atoms with Gasteiger partial charge in [-0.05, 0) is 36.8 Å². The molecule has 0 radical (unpaired) electrons. The molecule has 0 amide bonds. The Morgan fingerprint density at radius 2 is 1.90 bits per heavy atom. The maximum atomic E-state index is 9.47. The minimum Gasteiger partial charge on any atom is -0.508 e. The SMILES string of the molecule is Cc1cccc(Oc2cnn(-c3cccc(O)c3)c2)c1. The standard InChI is InChI=1S/C16H14N2O2/c1-12-4-2-7-15(8-12)20-16-10-17-18(11-16)13-5-3-6-14(19)9-13/h2-11,19H,1H3. The van der Waals surface area contributed by atoms with E-state index in [2.05, 4.69) is 5.10 Å². The van der Waals surface area contributed by atoms with Crippen molar-refractivity contribution in [3.05, 3.63) is 66.5 Å². The molecular formula is C16H14N2O2. The second-order valence-electron chi connectivity index (χ2n) is 4.56. The molecule has 0 bridgehead atoms. The molecule has 4 heteroatoms. The fourth-order valence-electron chi connectivity index (χ4n) is 1.95. The summed E-state index contributed by atoms with van der Waals surface area (Å²) in [6.45, 7) is 2.02. The summed E-state index contributed by atoms with van der Waals surface area (Å²) in [5.74, 6) is 1.64. The molecule has 0 unspecified atom stereocenters. The molecule has 2 aromatic carbocycles. The van der Waals surface area contributed by atoms with Crippen molar-refractivity contribution in [2.45, 2.75) is 6.92 Å². The molecule has 20 heavy (non-hydrogen) atoms. The number of aromatic hydroxyl groups is 1. The number of hydrogen-bond donors (Lipinski definition) is 1. The van der Waals surface area contributed by atoms with Crippen LogP contribution in [-0.4, -0.2) is 14.9 Å². The van der Waals surface area contributed by atoms with E-state index in [0.717, 1.165) is 17.0 Å². The van der Waals surface area contributed by atoms with Gasteiger partial charge in [0, 0.05) is 6.07 Å². The van der Waals surface area contributed by atoms with Crippen LogP contribution in [0.4, 0.5) is 0 Å². The molecule has 1 N–H and O–H groups in total. The van der Waals surface area contributed by atoms with Gasteiger partial charge in [0.1, 0.15) is 11.5 Å². The average molecular weight is 266 g/mol. The number of hydrogen-bond acceptors (Lipinski definition) is 3. The van der Waals surface area contributed by atoms with Crippen molar-refractivity contribution in [1.82, 2.24) is 9.78 Å². The number of aromatic nitrogens is 2. The summed E-state index contributed by atoms with van der Waals surface area (Å²) in [4.78, 5) is 0. The zero-order valence-corrected chi connectivity index (χ0v) is 11.0. The molecule has 1 heterocycles. The first-order valence-corrected chi connectivity index (χ1v) is 6.29. The van der Waals surface area contributed by atoms with E-state index in [1.165, 1.54) is 0 Å². The molecule has 4 nitrogen and oxygen atoms in total. The van der Waals surface area contributed by atoms with Crippen LogP contribution in [0.15, 0.2) is 60.9 Å². The monoisotopic (exact) mass is 266 g/mol. The Labute approximate surface area is 116 Å². The van der Waals surface area contributed by atoms with E-state index >= 15 is 0 Å². The molecule has 0 aliphatic carbocycles. The van der Waals surface area contributed by atoms with Crippen molar-refractivity contribution in [3.8, 4) is 22.9 Å². The summed E-state index contributed by atoms with van der Waals surface area (Å²) in [5.41, 5.74) is 1.92. The molecule has 0 atom stereocenters. The van der Waals surface area contributed by atoms with Gasteiger partial charge in [0.2, 0.25) is 0 Å². The summed E-state index contributed by atoms with van der Waals surface area (Å²) >= 11 is 0. The van der Waals surface area contributed by atoms with Gasteiger partial charge in [0.25, 0.3) is 0 Å². The highest BCUT2D eigenvalue weighted by Gasteiger charge is 2.04. The average Bonchev–Trinajstić information content (AvgIpc) is 2.87. The van der Waals surface area contributed by atoms with Crippen LogP contribution in [0.25, 0.3) is 5.69 Å². The number of rotatable bonds is 3. The molecular weight excluding hydrogens is 252 g/mol. The Balaban J connectivity index is 1.84. The lowest BCUT2D eigenvalue weighted by Crippen LogP contribution is -1.92. The second-order valence-corrected chi connectivity index (χ2v) is 4.56. The van der Waals surface area contributed by atoms with Crippen LogP contribution >= 0.6 is 0 Å². The van der Waals surface area contributed by atoms with Crippen molar-refractivity contribution in [1.29, 1.82) is 0 Å². The highest BCUT2D eigenvalue weighted by Crippen LogP contribution is 2.23. The smallest absolute Gasteiger partial charge is 0.165 e. The van der Waals surface area contributed by atoms with Crippen molar-refractivity contribution in [2.24, 2.45) is 0 Å². The molecule has 3 rings (SSSR count). The third-order valence-electron chi connectivity index (χ3n) is 2.88. The first kappa shape index (κ1) is 12.3. The highest BCUT2D eigenvalue weighted by molar-refractivity contribution is 5.39. The number of benzene rings is 2. The van der Waals surface area contributed by atoms with Gasteiger partial charge >= 0.3 is 0 Å². The van der Waals surface area contributed by atoms with Crippen molar-refractivity contribution < 1.29 is 9.84 Å². The third-order valence-corrected chi connectivity index (χ3v) is 2.88. The first-order valence-electron chi connectivity index (χ1n) is 6.29. The molecule has 3 aromatic rings. The summed E-state index contributed by atoms with van der Waals surface area (Å²) in [7, 11) is 0. The molecule has 0 aliphatic rings. The van der Waals surface area contributed by atoms with Gasteiger partial charge in [-0.2, -0.15) is 5.10 Å². The predicted molar refractivity (Wildman–Crippen MR) is 76.5 cm³/mol. The molecule has 0 saturated carbocycles. The third kappa shape index (κ3) is 2.64. The Morgan fingerprint density at radius 3 is 2.70 bits per heavy atom. The van der Waals surface area contributed by atoms with Crippen molar-refractivity contribution >= 4 is 0 Å². The fourth-order valence-corrected chi connectivity index (χ4v) is 1.95. The first-order chi connectivity index (χ1) is 9.70. The number of aryl methyl sites for hydroxylation is 1. The van der Waals surface area contributed by atoms with E-state index in [1.54, 1.807) is 35.3 Å². The van der Waals surface area contributed by atoms with Crippen LogP contribution in [0.2, 0.25) is 0 Å². The van der Waals surface area contributed by atoms with E-state index in [0.29, 0.717) is 5.75 Å². The topological polar surface area (TPSA) is 47.3 Å². The Kier molecular flexibility index (Phi) is 3.13. The van der Waals surface area contributed by atoms with Crippen molar-refractivity contribution in [3.63, 3.8) is 0 Å². The van der Waals surface area contributed by atoms with Crippen LogP contribution in [0.1, 0.15) is 5.56 Å². The number of phenolic OH excluding ortho intramolecular Hbond substituents is 1. The van der Waals surface area contributed by atoms with Crippen LogP contribution < -0.4 is 4.74 Å². The highest BCUT2D eigenvalue weighted by atomic mass is 16.5. The number of phenols is 1. The molecule has 0 spiro atoms. The van der Waals surface area contributed by atoms with E-state index in [-0.39, 0.29) is 5.75 Å². The van der Waals surface area contributed by atoms with Gasteiger partial charge in [0.05, 0.1) is 18.1 Å². The summed E-state index contributed by atoms with van der Waals surface area (Å²) < 4.78 is 7.40. The quantitative estimate of drug-likeness (QED) is 0.786. The predicted octanol–water partition coefficient (Wildman–Crippen LogP) is 3.68. The van der Waals surface area contributed by atoms with E-state index in [1.807, 2.05) is 37.3 Å². The zero-order chi connectivity index (χ0) is 13.9. The molecule has 0 fully saturated rings. The summed E-state index contributed by atoms with van der Waals surface area (Å²) in [6.07, 6.45) is 3.42.